The van der Waals surface area contributed by atoms with E-state index in [0.29, 0.717) is 0 Å². The zero-order chi connectivity index (χ0) is 15.6. The molecule has 2 atom stereocenters. The van der Waals surface area contributed by atoms with Crippen molar-refractivity contribution in [2.24, 2.45) is 0 Å². The Morgan fingerprint density at radius 3 is 1.52 bits per heavy atom. The van der Waals surface area contributed by atoms with Gasteiger partial charge in [-0.05, 0) is 0 Å². The molecule has 126 valence electrons. The van der Waals surface area contributed by atoms with Crippen molar-refractivity contribution in [3.05, 3.63) is 81.9 Å². The molecule has 0 nitrogen and oxygen atoms in total. The minimum atomic E-state index is -0.628. The molecule has 25 heavy (non-hydrogen) atoms. The van der Waals surface area contributed by atoms with Gasteiger partial charge in [-0.15, -0.1) is 0 Å². The minimum Gasteiger partial charge on any atom is -1.00 e. The normalized spacial score (nSPS) is 22.3. The molecule has 2 unspecified atom stereocenters. The maximum absolute atomic E-state index is 2.42. The molecule has 5 rings (SSSR count). The van der Waals surface area contributed by atoms with Crippen LogP contribution in [-0.4, -0.2) is 0 Å². The first-order valence-corrected chi connectivity index (χ1v) is 11.4. The van der Waals surface area contributed by atoms with Gasteiger partial charge in [0.25, 0.3) is 0 Å². The Balaban J connectivity index is 0.000000911. The van der Waals surface area contributed by atoms with Crippen molar-refractivity contribution < 1.29 is 48.0 Å². The van der Waals surface area contributed by atoms with Gasteiger partial charge in [0.15, 0.2) is 0 Å². The largest absolute Gasteiger partial charge is 1.00 e. The van der Waals surface area contributed by atoms with Crippen LogP contribution >= 0.6 is 0 Å². The second-order valence-corrected chi connectivity index (χ2v) is 10.7. The average molecular weight is 447 g/mol. The molecule has 4 bridgehead atoms. The fourth-order valence-corrected chi connectivity index (χ4v) is 9.82. The van der Waals surface area contributed by atoms with E-state index in [0.717, 1.165) is 7.25 Å². The third kappa shape index (κ3) is 2.75. The Bertz CT molecular complexity index is 821. The molecule has 1 aliphatic heterocycles. The smallest absolute Gasteiger partial charge is 1.00 e. The maximum atomic E-state index is 2.42. The van der Waals surface area contributed by atoms with E-state index in [2.05, 4.69) is 62.4 Å². The zero-order valence-electron chi connectivity index (χ0n) is 14.4. The number of fused-ring (bicyclic) bond motifs is 8. The molecule has 2 aromatic rings. The molecule has 0 saturated heterocycles. The summed E-state index contributed by atoms with van der Waals surface area (Å²) in [5.41, 5.74) is 13.2. The Morgan fingerprint density at radius 2 is 1.08 bits per heavy atom. The van der Waals surface area contributed by atoms with E-state index in [1.807, 2.05) is 0 Å². The molecule has 3 aliphatic rings. The molecule has 0 spiro atoms. The predicted molar refractivity (Wildman–Crippen MR) is 92.8 cm³/mol. The van der Waals surface area contributed by atoms with Crippen LogP contribution in [0.25, 0.3) is 11.1 Å². The second-order valence-electron chi connectivity index (χ2n) is 7.03. The second kappa shape index (κ2) is 7.18. The van der Waals surface area contributed by atoms with E-state index < -0.39 is 23.2 Å². The SMILES string of the molecule is CC1=C2CCC3=C(C)[CH]([Zr+2][CH]1c1ccccc12)c1ccccc13.[Cl-].[Cl-]. The molecule has 2 aliphatic carbocycles. The zero-order valence-corrected chi connectivity index (χ0v) is 18.4. The molecule has 2 aromatic carbocycles. The predicted octanol–water partition coefficient (Wildman–Crippen LogP) is -0.0725. The van der Waals surface area contributed by atoms with Gasteiger partial charge in [-0.2, -0.15) is 0 Å². The minimum absolute atomic E-state index is 0. The standard InChI is InChI=1S/C22H20.2ClH.Zr/c1-15-13-17-7-3-5-9-21(17)19(15)11-12-20-16(2)14-18-8-4-6-10-22(18)20;;;/h3-10,13-14H,11-12H2,1-2H3;2*1H;/q;;;+2/p-2. The summed E-state index contributed by atoms with van der Waals surface area (Å²) in [6.07, 6.45) is 2.43. The summed E-state index contributed by atoms with van der Waals surface area (Å²) in [6.45, 7) is 4.84. The molecule has 0 radical (unpaired) electrons. The van der Waals surface area contributed by atoms with Gasteiger partial charge in [0.2, 0.25) is 0 Å². The number of rotatable bonds is 0. The Kier molecular flexibility index (Phi) is 5.50. The van der Waals surface area contributed by atoms with Crippen molar-refractivity contribution in [1.29, 1.82) is 0 Å². The van der Waals surface area contributed by atoms with E-state index >= 15 is 0 Å². The number of hydrogen-bond donors (Lipinski definition) is 0. The number of benzene rings is 2. The van der Waals surface area contributed by atoms with Crippen LogP contribution in [0.15, 0.2) is 59.7 Å². The van der Waals surface area contributed by atoms with Crippen molar-refractivity contribution in [3.63, 3.8) is 0 Å². The molecular formula is C22H20Cl2Zr. The van der Waals surface area contributed by atoms with Gasteiger partial charge in [0.1, 0.15) is 0 Å². The first-order chi connectivity index (χ1) is 11.3. The van der Waals surface area contributed by atoms with Gasteiger partial charge >= 0.3 is 150 Å². The average Bonchev–Trinajstić information content (AvgIpc) is 3.01. The van der Waals surface area contributed by atoms with Crippen LogP contribution in [0, 0.1) is 0 Å². The maximum Gasteiger partial charge on any atom is -1.00 e. The Labute approximate surface area is 174 Å². The molecule has 0 fully saturated rings. The fourth-order valence-electron chi connectivity index (χ4n) is 4.80. The van der Waals surface area contributed by atoms with Gasteiger partial charge in [-0.1, -0.05) is 0 Å². The summed E-state index contributed by atoms with van der Waals surface area (Å²) in [7, 11) is 0. The summed E-state index contributed by atoms with van der Waals surface area (Å²) in [4.78, 5) is 0. The van der Waals surface area contributed by atoms with Crippen LogP contribution < -0.4 is 24.8 Å². The summed E-state index contributed by atoms with van der Waals surface area (Å²) in [5.74, 6) is 0. The van der Waals surface area contributed by atoms with E-state index in [1.54, 1.807) is 44.5 Å². The third-order valence-corrected chi connectivity index (χ3v) is 11.3. The van der Waals surface area contributed by atoms with Crippen molar-refractivity contribution in [1.82, 2.24) is 0 Å². The first kappa shape index (κ1) is 19.2. The van der Waals surface area contributed by atoms with Crippen LogP contribution in [0.3, 0.4) is 0 Å². The van der Waals surface area contributed by atoms with Crippen LogP contribution in [-0.2, 0) is 23.2 Å². The van der Waals surface area contributed by atoms with Crippen LogP contribution in [0.5, 0.6) is 0 Å². The van der Waals surface area contributed by atoms with Crippen LogP contribution in [0.2, 0.25) is 0 Å². The van der Waals surface area contributed by atoms with Crippen LogP contribution in [0.4, 0.5) is 0 Å². The Morgan fingerprint density at radius 1 is 0.680 bits per heavy atom. The van der Waals surface area contributed by atoms with Gasteiger partial charge in [0, 0.05) is 0 Å². The number of allylic oxidation sites excluding steroid dienone is 4. The summed E-state index contributed by atoms with van der Waals surface area (Å²) >= 11 is -0.628. The van der Waals surface area contributed by atoms with E-state index in [9.17, 15) is 0 Å². The number of hydrogen-bond acceptors (Lipinski definition) is 0. The van der Waals surface area contributed by atoms with Crippen molar-refractivity contribution in [3.8, 4) is 0 Å². The molecule has 0 saturated carbocycles. The monoisotopic (exact) mass is 444 g/mol. The van der Waals surface area contributed by atoms with Gasteiger partial charge in [0.05, 0.1) is 0 Å². The van der Waals surface area contributed by atoms with Crippen molar-refractivity contribution in [2.45, 2.75) is 33.9 Å². The fraction of sp³-hybridized carbons (Fsp3) is 0.273. The topological polar surface area (TPSA) is 0 Å². The van der Waals surface area contributed by atoms with E-state index in [1.165, 1.54) is 12.8 Å². The van der Waals surface area contributed by atoms with E-state index in [-0.39, 0.29) is 24.8 Å². The number of halogens is 2. The molecule has 0 N–H and O–H groups in total. The van der Waals surface area contributed by atoms with E-state index in [4.69, 9.17) is 0 Å². The Hall–Kier alpha value is -0.617. The molecular weight excluding hydrogens is 426 g/mol. The summed E-state index contributed by atoms with van der Waals surface area (Å²) in [6, 6.07) is 18.5. The summed E-state index contributed by atoms with van der Waals surface area (Å²) < 4.78 is 1.55. The molecule has 0 aromatic heterocycles. The quantitative estimate of drug-likeness (QED) is 0.532. The molecule has 3 heteroatoms. The molecule has 0 amide bonds. The third-order valence-electron chi connectivity index (χ3n) is 5.97. The van der Waals surface area contributed by atoms with Crippen molar-refractivity contribution >= 4 is 11.1 Å². The summed E-state index contributed by atoms with van der Waals surface area (Å²) in [5, 5.41) is 0. The van der Waals surface area contributed by atoms with Crippen molar-refractivity contribution in [2.75, 3.05) is 0 Å². The van der Waals surface area contributed by atoms with Gasteiger partial charge in [-0.25, -0.2) is 0 Å². The molecule has 1 heterocycles. The van der Waals surface area contributed by atoms with Gasteiger partial charge < -0.3 is 24.8 Å². The van der Waals surface area contributed by atoms with Crippen LogP contribution in [0.1, 0.15) is 56.2 Å². The van der Waals surface area contributed by atoms with Gasteiger partial charge in [-0.3, -0.25) is 0 Å². The first-order valence-electron chi connectivity index (χ1n) is 8.59.